The Hall–Kier alpha value is -0.900. The molecule has 0 aromatic heterocycles. The normalized spacial score (nSPS) is 20.7. The Kier molecular flexibility index (Phi) is 5.80. The lowest BCUT2D eigenvalue weighted by molar-refractivity contribution is -0.0324. The van der Waals surface area contributed by atoms with Gasteiger partial charge in [0.15, 0.2) is 0 Å². The standard InChI is InChI=1S/C18H30N2O/c1-5-17-14-20(9-10-21-17)13-16-8-6-7-15(11-16)12-19-18(2,3)4/h6-8,11,17,19H,5,9-10,12-14H2,1-4H3. The van der Waals surface area contributed by atoms with Crippen LogP contribution in [0.4, 0.5) is 0 Å². The maximum absolute atomic E-state index is 5.74. The molecule has 3 heteroatoms. The van der Waals surface area contributed by atoms with Gasteiger partial charge in [-0.3, -0.25) is 4.90 Å². The third-order valence-corrected chi connectivity index (χ3v) is 3.90. The van der Waals surface area contributed by atoms with E-state index in [9.17, 15) is 0 Å². The highest BCUT2D eigenvalue weighted by Crippen LogP contribution is 2.14. The minimum Gasteiger partial charge on any atom is -0.376 e. The van der Waals surface area contributed by atoms with Crippen molar-refractivity contribution < 1.29 is 4.74 Å². The quantitative estimate of drug-likeness (QED) is 0.901. The molecule has 0 aliphatic carbocycles. The largest absolute Gasteiger partial charge is 0.376 e. The first-order valence-corrected chi connectivity index (χ1v) is 8.13. The molecule has 1 aromatic rings. The molecule has 118 valence electrons. The number of nitrogens with zero attached hydrogens (tertiary/aromatic N) is 1. The molecule has 1 saturated heterocycles. The zero-order chi connectivity index (χ0) is 15.3. The summed E-state index contributed by atoms with van der Waals surface area (Å²) in [5.41, 5.74) is 2.93. The average Bonchev–Trinajstić information content (AvgIpc) is 2.45. The number of morpholine rings is 1. The zero-order valence-electron chi connectivity index (χ0n) is 14.0. The van der Waals surface area contributed by atoms with Gasteiger partial charge in [-0.1, -0.05) is 31.2 Å². The Morgan fingerprint density at radius 1 is 1.29 bits per heavy atom. The van der Waals surface area contributed by atoms with Gasteiger partial charge in [-0.25, -0.2) is 0 Å². The van der Waals surface area contributed by atoms with Crippen molar-refractivity contribution in [2.75, 3.05) is 19.7 Å². The van der Waals surface area contributed by atoms with Gasteiger partial charge in [-0.2, -0.15) is 0 Å². The van der Waals surface area contributed by atoms with Crippen LogP contribution in [0.15, 0.2) is 24.3 Å². The van der Waals surface area contributed by atoms with Crippen molar-refractivity contribution in [1.29, 1.82) is 0 Å². The van der Waals surface area contributed by atoms with Gasteiger partial charge >= 0.3 is 0 Å². The van der Waals surface area contributed by atoms with Crippen molar-refractivity contribution >= 4 is 0 Å². The van der Waals surface area contributed by atoms with Crippen LogP contribution in [0, 0.1) is 0 Å². The molecule has 1 atom stereocenters. The molecule has 1 aromatic carbocycles. The van der Waals surface area contributed by atoms with E-state index in [0.717, 1.165) is 39.2 Å². The third kappa shape index (κ3) is 5.77. The monoisotopic (exact) mass is 290 g/mol. The number of ether oxygens (including phenoxy) is 1. The van der Waals surface area contributed by atoms with E-state index in [0.29, 0.717) is 6.10 Å². The van der Waals surface area contributed by atoms with E-state index in [2.05, 4.69) is 62.2 Å². The van der Waals surface area contributed by atoms with Crippen molar-refractivity contribution in [2.24, 2.45) is 0 Å². The molecule has 21 heavy (non-hydrogen) atoms. The highest BCUT2D eigenvalue weighted by atomic mass is 16.5. The number of benzene rings is 1. The first kappa shape index (κ1) is 16.5. The summed E-state index contributed by atoms with van der Waals surface area (Å²) in [6, 6.07) is 8.94. The van der Waals surface area contributed by atoms with Gasteiger partial charge in [0.1, 0.15) is 0 Å². The average molecular weight is 290 g/mol. The highest BCUT2D eigenvalue weighted by molar-refractivity contribution is 5.23. The van der Waals surface area contributed by atoms with E-state index in [-0.39, 0.29) is 5.54 Å². The topological polar surface area (TPSA) is 24.5 Å². The summed E-state index contributed by atoms with van der Waals surface area (Å²) >= 11 is 0. The molecular weight excluding hydrogens is 260 g/mol. The number of hydrogen-bond donors (Lipinski definition) is 1. The predicted octanol–water partition coefficient (Wildman–Crippen LogP) is 3.19. The van der Waals surface area contributed by atoms with Crippen LogP contribution < -0.4 is 5.32 Å². The van der Waals surface area contributed by atoms with Crippen LogP contribution in [0.25, 0.3) is 0 Å². The molecule has 0 amide bonds. The summed E-state index contributed by atoms with van der Waals surface area (Å²) in [5, 5.41) is 3.55. The molecule has 0 saturated carbocycles. The van der Waals surface area contributed by atoms with Crippen LogP contribution in [-0.4, -0.2) is 36.2 Å². The molecular formula is C18H30N2O. The fourth-order valence-electron chi connectivity index (χ4n) is 2.63. The van der Waals surface area contributed by atoms with E-state index < -0.39 is 0 Å². The Bertz CT molecular complexity index is 439. The molecule has 1 aliphatic rings. The van der Waals surface area contributed by atoms with Gasteiger partial charge in [-0.15, -0.1) is 0 Å². The van der Waals surface area contributed by atoms with Gasteiger partial charge in [-0.05, 0) is 38.3 Å². The Morgan fingerprint density at radius 2 is 2.05 bits per heavy atom. The molecule has 1 heterocycles. The summed E-state index contributed by atoms with van der Waals surface area (Å²) in [4.78, 5) is 2.51. The molecule has 0 bridgehead atoms. The zero-order valence-corrected chi connectivity index (χ0v) is 14.0. The lowest BCUT2D eigenvalue weighted by Gasteiger charge is -2.32. The SMILES string of the molecule is CCC1CN(Cc2cccc(CNC(C)(C)C)c2)CCO1. The maximum Gasteiger partial charge on any atom is 0.0700 e. The summed E-state index contributed by atoms with van der Waals surface area (Å²) in [5.74, 6) is 0. The summed E-state index contributed by atoms with van der Waals surface area (Å²) in [6.07, 6.45) is 1.51. The predicted molar refractivity (Wildman–Crippen MR) is 88.3 cm³/mol. The van der Waals surface area contributed by atoms with Crippen molar-refractivity contribution in [3.8, 4) is 0 Å². The van der Waals surface area contributed by atoms with Crippen LogP contribution in [0.2, 0.25) is 0 Å². The number of nitrogens with one attached hydrogen (secondary N) is 1. The molecule has 0 radical (unpaired) electrons. The first-order chi connectivity index (χ1) is 9.96. The molecule has 1 fully saturated rings. The Balaban J connectivity index is 1.91. The first-order valence-electron chi connectivity index (χ1n) is 8.13. The van der Waals surface area contributed by atoms with E-state index in [1.807, 2.05) is 0 Å². The number of rotatable bonds is 5. The molecule has 0 spiro atoms. The maximum atomic E-state index is 5.74. The summed E-state index contributed by atoms with van der Waals surface area (Å²) in [6.45, 7) is 13.7. The van der Waals surface area contributed by atoms with E-state index >= 15 is 0 Å². The fraction of sp³-hybridized carbons (Fsp3) is 0.667. The van der Waals surface area contributed by atoms with Crippen LogP contribution in [0.3, 0.4) is 0 Å². The van der Waals surface area contributed by atoms with Crippen molar-refractivity contribution in [3.05, 3.63) is 35.4 Å². The van der Waals surface area contributed by atoms with Gasteiger partial charge in [0.25, 0.3) is 0 Å². The summed E-state index contributed by atoms with van der Waals surface area (Å²) < 4.78 is 5.74. The van der Waals surface area contributed by atoms with E-state index in [4.69, 9.17) is 4.74 Å². The van der Waals surface area contributed by atoms with Gasteiger partial charge < -0.3 is 10.1 Å². The molecule has 2 rings (SSSR count). The van der Waals surface area contributed by atoms with Crippen LogP contribution in [0.5, 0.6) is 0 Å². The van der Waals surface area contributed by atoms with E-state index in [1.165, 1.54) is 11.1 Å². The molecule has 1 aliphatic heterocycles. The van der Waals surface area contributed by atoms with E-state index in [1.54, 1.807) is 0 Å². The second-order valence-electron chi connectivity index (χ2n) is 7.06. The van der Waals surface area contributed by atoms with Crippen molar-refractivity contribution in [1.82, 2.24) is 10.2 Å². The Morgan fingerprint density at radius 3 is 2.76 bits per heavy atom. The summed E-state index contributed by atoms with van der Waals surface area (Å²) in [7, 11) is 0. The highest BCUT2D eigenvalue weighted by Gasteiger charge is 2.18. The second kappa shape index (κ2) is 7.39. The number of hydrogen-bond acceptors (Lipinski definition) is 3. The smallest absolute Gasteiger partial charge is 0.0700 e. The Labute approximate surface area is 129 Å². The van der Waals surface area contributed by atoms with Crippen LogP contribution in [-0.2, 0) is 17.8 Å². The minimum absolute atomic E-state index is 0.161. The molecule has 1 N–H and O–H groups in total. The van der Waals surface area contributed by atoms with Crippen LogP contribution >= 0.6 is 0 Å². The lowest BCUT2D eigenvalue weighted by Crippen LogP contribution is -2.41. The third-order valence-electron chi connectivity index (χ3n) is 3.90. The van der Waals surface area contributed by atoms with Crippen molar-refractivity contribution in [3.63, 3.8) is 0 Å². The second-order valence-corrected chi connectivity index (χ2v) is 7.06. The van der Waals surface area contributed by atoms with Gasteiger partial charge in [0.2, 0.25) is 0 Å². The molecule has 1 unspecified atom stereocenters. The lowest BCUT2D eigenvalue weighted by atomic mass is 10.1. The van der Waals surface area contributed by atoms with Crippen LogP contribution in [0.1, 0.15) is 45.2 Å². The fourth-order valence-corrected chi connectivity index (χ4v) is 2.63. The van der Waals surface area contributed by atoms with Gasteiger partial charge in [0.05, 0.1) is 12.7 Å². The minimum atomic E-state index is 0.161. The van der Waals surface area contributed by atoms with Gasteiger partial charge in [0, 0.05) is 31.7 Å². The molecule has 3 nitrogen and oxygen atoms in total. The van der Waals surface area contributed by atoms with Crippen molar-refractivity contribution in [2.45, 2.75) is 58.8 Å².